The molecule has 0 spiro atoms. The molecule has 1 saturated heterocycles. The normalized spacial score (nSPS) is 18.1. The standard InChI is InChI=1S/C22H32N6OS/c1-17-7-6-8-18(2)21(17)23-20(29)15-25-11-13-26(14-12-25)16-28-22(30)27-10-5-3-4-9-19(27)24-28/h6-8H,3-5,9-16H2,1-2H3,(H,23,29). The molecule has 1 aromatic heterocycles. The molecule has 2 aliphatic rings. The Morgan fingerprint density at radius 1 is 1.03 bits per heavy atom. The number of nitrogens with zero attached hydrogens (tertiary/aromatic N) is 5. The van der Waals surface area contributed by atoms with Crippen LogP contribution in [-0.4, -0.2) is 62.8 Å². The van der Waals surface area contributed by atoms with Gasteiger partial charge in [0.15, 0.2) is 4.77 Å². The van der Waals surface area contributed by atoms with E-state index in [1.165, 1.54) is 19.3 Å². The Morgan fingerprint density at radius 2 is 1.73 bits per heavy atom. The number of fused-ring (bicyclic) bond motifs is 1. The van der Waals surface area contributed by atoms with Gasteiger partial charge in [-0.2, -0.15) is 5.10 Å². The zero-order chi connectivity index (χ0) is 21.1. The molecule has 162 valence electrons. The maximum absolute atomic E-state index is 12.5. The molecule has 0 unspecified atom stereocenters. The van der Waals surface area contributed by atoms with Crippen LogP contribution in [0.5, 0.6) is 0 Å². The highest BCUT2D eigenvalue weighted by Crippen LogP contribution is 2.19. The Balaban J connectivity index is 1.28. The van der Waals surface area contributed by atoms with Gasteiger partial charge in [0.05, 0.1) is 13.2 Å². The van der Waals surface area contributed by atoms with Gasteiger partial charge in [-0.15, -0.1) is 0 Å². The van der Waals surface area contributed by atoms with Gasteiger partial charge in [0, 0.05) is 44.8 Å². The minimum absolute atomic E-state index is 0.0564. The summed E-state index contributed by atoms with van der Waals surface area (Å²) < 4.78 is 5.05. The quantitative estimate of drug-likeness (QED) is 0.742. The lowest BCUT2D eigenvalue weighted by molar-refractivity contribution is -0.117. The van der Waals surface area contributed by atoms with Crippen molar-refractivity contribution < 1.29 is 4.79 Å². The van der Waals surface area contributed by atoms with Crippen molar-refractivity contribution >= 4 is 23.8 Å². The minimum atomic E-state index is 0.0564. The predicted octanol–water partition coefficient (Wildman–Crippen LogP) is 2.97. The molecule has 2 aliphatic heterocycles. The Kier molecular flexibility index (Phi) is 6.65. The first-order chi connectivity index (χ1) is 14.5. The Hall–Kier alpha value is -2.03. The predicted molar refractivity (Wildman–Crippen MR) is 121 cm³/mol. The number of benzene rings is 1. The molecule has 0 saturated carbocycles. The summed E-state index contributed by atoms with van der Waals surface area (Å²) in [5.74, 6) is 1.19. The highest BCUT2D eigenvalue weighted by atomic mass is 32.1. The molecule has 1 amide bonds. The van der Waals surface area contributed by atoms with Gasteiger partial charge in [0.25, 0.3) is 0 Å². The van der Waals surface area contributed by atoms with Crippen LogP contribution in [0.4, 0.5) is 5.69 Å². The molecule has 0 radical (unpaired) electrons. The van der Waals surface area contributed by atoms with Crippen molar-refractivity contribution in [3.63, 3.8) is 0 Å². The van der Waals surface area contributed by atoms with Crippen molar-refractivity contribution in [1.29, 1.82) is 0 Å². The Labute approximate surface area is 183 Å². The summed E-state index contributed by atoms with van der Waals surface area (Å²) in [6.45, 7) is 9.81. The number of hydrogen-bond acceptors (Lipinski definition) is 5. The second-order valence-electron chi connectivity index (χ2n) is 8.51. The van der Waals surface area contributed by atoms with E-state index in [1.807, 2.05) is 36.7 Å². The first-order valence-corrected chi connectivity index (χ1v) is 11.4. The number of para-hydroxylation sites is 1. The van der Waals surface area contributed by atoms with Gasteiger partial charge >= 0.3 is 0 Å². The highest BCUT2D eigenvalue weighted by molar-refractivity contribution is 7.71. The number of nitrogens with one attached hydrogen (secondary N) is 1. The average Bonchev–Trinajstić information content (AvgIpc) is 2.88. The second kappa shape index (κ2) is 9.41. The van der Waals surface area contributed by atoms with Crippen LogP contribution in [0, 0.1) is 18.6 Å². The number of aromatic nitrogens is 3. The van der Waals surface area contributed by atoms with Crippen LogP contribution >= 0.6 is 12.2 Å². The summed E-state index contributed by atoms with van der Waals surface area (Å²) >= 11 is 5.68. The lowest BCUT2D eigenvalue weighted by Crippen LogP contribution is -2.49. The van der Waals surface area contributed by atoms with Crippen molar-refractivity contribution in [3.05, 3.63) is 39.9 Å². The van der Waals surface area contributed by atoms with E-state index in [0.717, 1.165) is 73.2 Å². The molecule has 0 atom stereocenters. The van der Waals surface area contributed by atoms with Crippen LogP contribution in [0.15, 0.2) is 18.2 Å². The third-order valence-corrected chi connectivity index (χ3v) is 6.62. The summed E-state index contributed by atoms with van der Waals surface area (Å²) in [6.07, 6.45) is 4.68. The van der Waals surface area contributed by atoms with Gasteiger partial charge < -0.3 is 9.88 Å². The molecule has 1 N–H and O–H groups in total. The molecule has 1 fully saturated rings. The molecule has 2 aromatic rings. The Bertz CT molecular complexity index is 937. The van der Waals surface area contributed by atoms with Crippen LogP contribution in [0.3, 0.4) is 0 Å². The van der Waals surface area contributed by atoms with Crippen molar-refractivity contribution in [1.82, 2.24) is 24.1 Å². The number of carbonyl (C=O) groups excluding carboxylic acids is 1. The van der Waals surface area contributed by atoms with E-state index in [4.69, 9.17) is 17.3 Å². The van der Waals surface area contributed by atoms with Gasteiger partial charge in [0.2, 0.25) is 5.91 Å². The van der Waals surface area contributed by atoms with Crippen molar-refractivity contribution in [2.45, 2.75) is 52.7 Å². The smallest absolute Gasteiger partial charge is 0.238 e. The van der Waals surface area contributed by atoms with Crippen LogP contribution in [0.1, 0.15) is 36.2 Å². The molecule has 3 heterocycles. The lowest BCUT2D eigenvalue weighted by atomic mass is 10.1. The third-order valence-electron chi connectivity index (χ3n) is 6.19. The first kappa shape index (κ1) is 21.2. The van der Waals surface area contributed by atoms with Crippen LogP contribution in [0.2, 0.25) is 0 Å². The minimum Gasteiger partial charge on any atom is -0.324 e. The van der Waals surface area contributed by atoms with E-state index in [9.17, 15) is 4.79 Å². The van der Waals surface area contributed by atoms with E-state index in [2.05, 4.69) is 19.7 Å². The maximum Gasteiger partial charge on any atom is 0.238 e. The number of anilines is 1. The number of aryl methyl sites for hydroxylation is 3. The molecule has 0 bridgehead atoms. The van der Waals surface area contributed by atoms with E-state index < -0.39 is 0 Å². The lowest BCUT2D eigenvalue weighted by Gasteiger charge is -2.34. The zero-order valence-corrected chi connectivity index (χ0v) is 18.9. The van der Waals surface area contributed by atoms with E-state index in [0.29, 0.717) is 6.54 Å². The summed E-state index contributed by atoms with van der Waals surface area (Å²) in [5, 5.41) is 7.88. The fourth-order valence-electron chi connectivity index (χ4n) is 4.39. The number of carbonyl (C=O) groups is 1. The molecule has 7 nitrogen and oxygen atoms in total. The molecule has 30 heavy (non-hydrogen) atoms. The van der Waals surface area contributed by atoms with Crippen molar-refractivity contribution in [2.24, 2.45) is 0 Å². The topological polar surface area (TPSA) is 58.3 Å². The fourth-order valence-corrected chi connectivity index (χ4v) is 4.68. The molecule has 1 aromatic carbocycles. The fraction of sp³-hybridized carbons (Fsp3) is 0.591. The summed E-state index contributed by atoms with van der Waals surface area (Å²) in [6, 6.07) is 6.08. The summed E-state index contributed by atoms with van der Waals surface area (Å²) in [5.41, 5.74) is 3.14. The van der Waals surface area contributed by atoms with Gasteiger partial charge in [-0.05, 0) is 50.0 Å². The average molecular weight is 429 g/mol. The van der Waals surface area contributed by atoms with Crippen LogP contribution < -0.4 is 5.32 Å². The molecular formula is C22H32N6OS. The van der Waals surface area contributed by atoms with Crippen molar-refractivity contribution in [3.8, 4) is 0 Å². The van der Waals surface area contributed by atoms with Gasteiger partial charge in [-0.1, -0.05) is 24.6 Å². The molecule has 4 rings (SSSR count). The number of piperazine rings is 1. The van der Waals surface area contributed by atoms with Gasteiger partial charge in [-0.3, -0.25) is 14.6 Å². The van der Waals surface area contributed by atoms with Crippen molar-refractivity contribution in [2.75, 3.05) is 38.0 Å². The first-order valence-electron chi connectivity index (χ1n) is 11.0. The van der Waals surface area contributed by atoms with E-state index in [-0.39, 0.29) is 5.91 Å². The molecule has 0 aliphatic carbocycles. The van der Waals surface area contributed by atoms with E-state index >= 15 is 0 Å². The summed E-state index contributed by atoms with van der Waals surface area (Å²) in [4.78, 5) is 17.1. The van der Waals surface area contributed by atoms with Gasteiger partial charge in [0.1, 0.15) is 5.82 Å². The number of amides is 1. The largest absolute Gasteiger partial charge is 0.324 e. The molecule has 8 heteroatoms. The van der Waals surface area contributed by atoms with Crippen LogP contribution in [-0.2, 0) is 24.4 Å². The van der Waals surface area contributed by atoms with Crippen LogP contribution in [0.25, 0.3) is 0 Å². The number of rotatable bonds is 5. The monoisotopic (exact) mass is 428 g/mol. The third kappa shape index (κ3) is 4.82. The zero-order valence-electron chi connectivity index (χ0n) is 18.1. The second-order valence-corrected chi connectivity index (χ2v) is 8.88. The highest BCUT2D eigenvalue weighted by Gasteiger charge is 2.21. The molecular weight excluding hydrogens is 396 g/mol. The van der Waals surface area contributed by atoms with Gasteiger partial charge in [-0.25, -0.2) is 4.68 Å². The maximum atomic E-state index is 12.5. The summed E-state index contributed by atoms with van der Waals surface area (Å²) in [7, 11) is 0. The van der Waals surface area contributed by atoms with E-state index in [1.54, 1.807) is 0 Å². The SMILES string of the molecule is Cc1cccc(C)c1NC(=O)CN1CCN(Cn2nc3n(c2=S)CCCCC3)CC1. The Morgan fingerprint density at radius 3 is 2.47 bits per heavy atom. The number of hydrogen-bond donors (Lipinski definition) is 1.